The number of fused-ring (bicyclic) bond motifs is 2. The van der Waals surface area contributed by atoms with E-state index >= 15 is 0 Å². The Hall–Kier alpha value is -2.98. The first-order chi connectivity index (χ1) is 21.8. The zero-order valence-electron chi connectivity index (χ0n) is 26.7. The highest BCUT2D eigenvalue weighted by atomic mass is 127. The third-order valence-corrected chi connectivity index (χ3v) is 8.89. The van der Waals surface area contributed by atoms with Crippen LogP contribution in [0.25, 0.3) is 34.0 Å². The second kappa shape index (κ2) is 19.0. The fourth-order valence-corrected chi connectivity index (χ4v) is 6.22. The number of benzene rings is 2. The Morgan fingerprint density at radius 1 is 0.500 bits per heavy atom. The van der Waals surface area contributed by atoms with Gasteiger partial charge in [0.15, 0.2) is 24.8 Å². The van der Waals surface area contributed by atoms with Gasteiger partial charge in [0.05, 0.1) is 0 Å². The molecule has 0 aliphatic heterocycles. The van der Waals surface area contributed by atoms with Crippen molar-refractivity contribution in [2.75, 3.05) is 0 Å². The van der Waals surface area contributed by atoms with Gasteiger partial charge in [-0.2, -0.15) is 0 Å². The van der Waals surface area contributed by atoms with Crippen molar-refractivity contribution in [2.24, 2.45) is 0 Å². The molecular formula is C40H46I2N4. The number of aryl methyl sites for hydroxylation is 4. The third-order valence-electron chi connectivity index (χ3n) is 8.89. The average Bonchev–Trinajstić information content (AvgIpc) is 3.69. The zero-order valence-corrected chi connectivity index (χ0v) is 31.0. The summed E-state index contributed by atoms with van der Waals surface area (Å²) < 4.78 is 4.66. The zero-order chi connectivity index (χ0) is 29.8. The van der Waals surface area contributed by atoms with Crippen LogP contribution < -0.4 is 57.1 Å². The van der Waals surface area contributed by atoms with Crippen LogP contribution in [-0.2, 0) is 25.9 Å². The number of aromatic nitrogens is 4. The number of H-pyrrole nitrogens is 2. The number of nitrogens with one attached hydrogen (secondary N) is 2. The van der Waals surface area contributed by atoms with Gasteiger partial charge in [0, 0.05) is 71.3 Å². The Bertz CT molecular complexity index is 1770. The van der Waals surface area contributed by atoms with E-state index < -0.39 is 0 Å². The number of aromatic amines is 2. The molecule has 0 atom stereocenters. The highest BCUT2D eigenvalue weighted by Crippen LogP contribution is 2.21. The number of pyridine rings is 2. The summed E-state index contributed by atoms with van der Waals surface area (Å²) in [4.78, 5) is 6.74. The molecule has 0 bridgehead atoms. The van der Waals surface area contributed by atoms with Crippen molar-refractivity contribution in [1.82, 2.24) is 9.97 Å². The second-order valence-electron chi connectivity index (χ2n) is 12.1. The van der Waals surface area contributed by atoms with Gasteiger partial charge in [-0.15, -0.1) is 0 Å². The van der Waals surface area contributed by atoms with E-state index in [1.165, 1.54) is 95.4 Å². The normalized spacial score (nSPS) is 11.2. The smallest absolute Gasteiger partial charge is 0.169 e. The van der Waals surface area contributed by atoms with Crippen LogP contribution >= 0.6 is 0 Å². The Morgan fingerprint density at radius 2 is 1.02 bits per heavy atom. The molecule has 6 rings (SSSR count). The van der Waals surface area contributed by atoms with E-state index in [1.54, 1.807) is 0 Å². The van der Waals surface area contributed by atoms with Gasteiger partial charge < -0.3 is 57.9 Å². The van der Waals surface area contributed by atoms with Crippen molar-refractivity contribution in [3.63, 3.8) is 0 Å². The van der Waals surface area contributed by atoms with Crippen molar-refractivity contribution >= 4 is 34.0 Å². The maximum Gasteiger partial charge on any atom is 0.169 e. The van der Waals surface area contributed by atoms with Gasteiger partial charge in [0.25, 0.3) is 0 Å². The third kappa shape index (κ3) is 10.3. The van der Waals surface area contributed by atoms with Gasteiger partial charge in [0.2, 0.25) is 0 Å². The lowest BCUT2D eigenvalue weighted by atomic mass is 10.0. The lowest BCUT2D eigenvalue weighted by molar-refractivity contribution is -0.697. The molecule has 0 aliphatic carbocycles. The van der Waals surface area contributed by atoms with E-state index in [1.807, 2.05) is 0 Å². The molecule has 4 nitrogen and oxygen atoms in total. The molecule has 0 spiro atoms. The molecule has 2 N–H and O–H groups in total. The highest BCUT2D eigenvalue weighted by Gasteiger charge is 2.06. The number of hydrogen-bond donors (Lipinski definition) is 2. The van der Waals surface area contributed by atoms with E-state index in [0.717, 1.165) is 25.9 Å². The molecule has 4 aromatic heterocycles. The van der Waals surface area contributed by atoms with Crippen LogP contribution in [0.4, 0.5) is 0 Å². The van der Waals surface area contributed by atoms with Gasteiger partial charge in [-0.3, -0.25) is 0 Å². The van der Waals surface area contributed by atoms with Crippen molar-refractivity contribution in [2.45, 2.75) is 77.3 Å². The van der Waals surface area contributed by atoms with Gasteiger partial charge in [0.1, 0.15) is 13.1 Å². The largest absolute Gasteiger partial charge is 1.00 e. The summed E-state index contributed by atoms with van der Waals surface area (Å²) in [5, 5.41) is 2.62. The number of rotatable bonds is 16. The molecule has 0 saturated heterocycles. The van der Waals surface area contributed by atoms with Gasteiger partial charge >= 0.3 is 0 Å². The number of hydrogen-bond acceptors (Lipinski definition) is 0. The van der Waals surface area contributed by atoms with Crippen LogP contribution in [0.2, 0.25) is 0 Å². The molecule has 2 aromatic carbocycles. The van der Waals surface area contributed by atoms with Crippen molar-refractivity contribution < 1.29 is 57.1 Å². The van der Waals surface area contributed by atoms with Crippen molar-refractivity contribution in [3.05, 3.63) is 132 Å². The maximum atomic E-state index is 3.39. The highest BCUT2D eigenvalue weighted by molar-refractivity contribution is 5.91. The van der Waals surface area contributed by atoms with Crippen LogP contribution in [0.15, 0.2) is 110 Å². The van der Waals surface area contributed by atoms with E-state index in [9.17, 15) is 0 Å². The van der Waals surface area contributed by atoms with E-state index in [0.29, 0.717) is 0 Å². The number of unbranched alkanes of at least 4 members (excludes halogenated alkanes) is 7. The summed E-state index contributed by atoms with van der Waals surface area (Å²) in [6.45, 7) is 2.23. The summed E-state index contributed by atoms with van der Waals surface area (Å²) in [6.07, 6.45) is 30.3. The standard InChI is InChI=1S/C40H45N4.2HI/c1(3-5-11-25-43-27-21-33(22-28-43)17-19-35-31-41-39-15-9-7-13-37(35)39)2-4-6-12-26-44-29-23-34(24-30-44)18-20-36-32-42-40-16-10-8-14-38(36)40;;/h7-10,13-17,19,21-24,27-32,42H,1-6,11-12,18,20,25-26H2;2*1H/q+1;;/p-1. The average molecular weight is 837 g/mol. The number of para-hydroxylation sites is 2. The molecular weight excluding hydrogens is 790 g/mol. The molecule has 0 aliphatic rings. The first-order valence-electron chi connectivity index (χ1n) is 16.6. The summed E-state index contributed by atoms with van der Waals surface area (Å²) in [5.74, 6) is 0. The fraction of sp³-hybridized carbons (Fsp3) is 0.300. The molecule has 0 unspecified atom stereocenters. The molecule has 240 valence electrons. The fourth-order valence-electron chi connectivity index (χ4n) is 6.22. The molecule has 0 radical (unpaired) electrons. The van der Waals surface area contributed by atoms with Gasteiger partial charge in [-0.05, 0) is 60.1 Å². The molecule has 6 heteroatoms. The maximum absolute atomic E-state index is 3.39. The van der Waals surface area contributed by atoms with Gasteiger partial charge in [-0.25, -0.2) is 9.13 Å². The van der Waals surface area contributed by atoms with Crippen LogP contribution in [0.3, 0.4) is 0 Å². The second-order valence-corrected chi connectivity index (χ2v) is 12.1. The minimum absolute atomic E-state index is 0. The van der Waals surface area contributed by atoms with E-state index in [4.69, 9.17) is 0 Å². The Labute approximate surface area is 308 Å². The van der Waals surface area contributed by atoms with Crippen LogP contribution in [0.1, 0.15) is 73.6 Å². The SMILES string of the molecule is C(=C\c1c[nH]c2ccccc12)/c1cc[n+](CCCCCCCCCC[n+]2ccc(CCc3c[nH]c4ccccc34)cc2)cc1.[I-].[I-]. The minimum atomic E-state index is 0. The van der Waals surface area contributed by atoms with Crippen LogP contribution in [-0.4, -0.2) is 9.97 Å². The molecule has 6 aromatic rings. The van der Waals surface area contributed by atoms with Crippen LogP contribution in [0, 0.1) is 0 Å². The number of nitrogens with zero attached hydrogens (tertiary/aromatic N) is 2. The minimum Gasteiger partial charge on any atom is -1.00 e. The molecule has 0 saturated carbocycles. The Kier molecular flexibility index (Phi) is 14.8. The lowest BCUT2D eigenvalue weighted by Crippen LogP contribution is -3.00. The summed E-state index contributed by atoms with van der Waals surface area (Å²) in [6, 6.07) is 26.0. The lowest BCUT2D eigenvalue weighted by Gasteiger charge is -2.03. The van der Waals surface area contributed by atoms with Crippen LogP contribution in [0.5, 0.6) is 0 Å². The first-order valence-corrected chi connectivity index (χ1v) is 16.6. The Morgan fingerprint density at radius 3 is 1.67 bits per heavy atom. The topological polar surface area (TPSA) is 39.3 Å². The quantitative estimate of drug-likeness (QED) is 0.0857. The van der Waals surface area contributed by atoms with Gasteiger partial charge in [-0.1, -0.05) is 74.2 Å². The molecule has 0 fully saturated rings. The van der Waals surface area contributed by atoms with E-state index in [2.05, 4.69) is 141 Å². The molecule has 0 amide bonds. The monoisotopic (exact) mass is 836 g/mol. The predicted molar refractivity (Wildman–Crippen MR) is 183 cm³/mol. The van der Waals surface area contributed by atoms with Crippen molar-refractivity contribution in [1.29, 1.82) is 0 Å². The predicted octanol–water partition coefficient (Wildman–Crippen LogP) is 3.01. The van der Waals surface area contributed by atoms with Crippen molar-refractivity contribution in [3.8, 4) is 0 Å². The number of halogens is 2. The molecule has 46 heavy (non-hydrogen) atoms. The first kappa shape index (κ1) is 35.9. The Balaban J connectivity index is 0.00000240. The van der Waals surface area contributed by atoms with E-state index in [-0.39, 0.29) is 48.0 Å². The summed E-state index contributed by atoms with van der Waals surface area (Å²) in [5.41, 5.74) is 7.71. The molecule has 4 heterocycles. The summed E-state index contributed by atoms with van der Waals surface area (Å²) in [7, 11) is 0. The summed E-state index contributed by atoms with van der Waals surface area (Å²) >= 11 is 0.